The summed E-state index contributed by atoms with van der Waals surface area (Å²) in [6.07, 6.45) is 3.90. The molecular formula is C21H20ClN5O2. The van der Waals surface area contributed by atoms with Gasteiger partial charge in [-0.3, -0.25) is 14.0 Å². The highest BCUT2D eigenvalue weighted by Gasteiger charge is 2.41. The van der Waals surface area contributed by atoms with Gasteiger partial charge in [-0.2, -0.15) is 0 Å². The van der Waals surface area contributed by atoms with Crippen LogP contribution in [0, 0.1) is 5.92 Å². The topological polar surface area (TPSA) is 70.8 Å². The molecule has 0 saturated carbocycles. The first kappa shape index (κ1) is 18.1. The van der Waals surface area contributed by atoms with Crippen molar-refractivity contribution in [3.8, 4) is 0 Å². The van der Waals surface area contributed by atoms with E-state index < -0.39 is 0 Å². The first-order chi connectivity index (χ1) is 14.1. The van der Waals surface area contributed by atoms with Crippen molar-refractivity contribution in [3.05, 3.63) is 59.5 Å². The number of carbonyl (C=O) groups is 2. The largest absolute Gasteiger partial charge is 0.332 e. The normalized spacial score (nSPS) is 22.0. The maximum absolute atomic E-state index is 13.3. The summed E-state index contributed by atoms with van der Waals surface area (Å²) in [6, 6.07) is 12.8. The van der Waals surface area contributed by atoms with Gasteiger partial charge in [0.1, 0.15) is 0 Å². The zero-order chi connectivity index (χ0) is 20.0. The van der Waals surface area contributed by atoms with Crippen molar-refractivity contribution in [3.63, 3.8) is 0 Å². The van der Waals surface area contributed by atoms with Crippen molar-refractivity contribution >= 4 is 34.7 Å². The summed E-state index contributed by atoms with van der Waals surface area (Å²) in [5.41, 5.74) is 1.50. The number of anilines is 1. The van der Waals surface area contributed by atoms with E-state index in [0.29, 0.717) is 18.1 Å². The molecule has 8 heteroatoms. The van der Waals surface area contributed by atoms with Crippen LogP contribution in [0.1, 0.15) is 31.1 Å². The van der Waals surface area contributed by atoms with Gasteiger partial charge in [0.15, 0.2) is 11.5 Å². The van der Waals surface area contributed by atoms with Crippen molar-refractivity contribution in [2.45, 2.75) is 25.3 Å². The van der Waals surface area contributed by atoms with Crippen LogP contribution in [-0.2, 0) is 9.59 Å². The number of benzene rings is 1. The smallest absolute Gasteiger partial charge is 0.228 e. The Hall–Kier alpha value is -2.93. The molecule has 2 aliphatic heterocycles. The molecule has 2 saturated heterocycles. The van der Waals surface area contributed by atoms with Crippen LogP contribution < -0.4 is 4.90 Å². The van der Waals surface area contributed by atoms with E-state index in [1.54, 1.807) is 17.0 Å². The summed E-state index contributed by atoms with van der Waals surface area (Å²) in [5.74, 6) is 0.385. The number of fused-ring (bicyclic) bond motifs is 1. The first-order valence-corrected chi connectivity index (χ1v) is 10.2. The van der Waals surface area contributed by atoms with Crippen molar-refractivity contribution in [1.29, 1.82) is 0 Å². The summed E-state index contributed by atoms with van der Waals surface area (Å²) in [4.78, 5) is 29.5. The van der Waals surface area contributed by atoms with E-state index >= 15 is 0 Å². The molecule has 2 aliphatic rings. The standard InChI is InChI=1S/C21H20ClN5O2/c22-15-5-3-6-16(12-15)27-13-14(11-19(27)28)21(29)25-10-4-7-17(25)20-24-23-18-8-1-2-9-26(18)20/h1-3,5-6,8-9,12,14,17H,4,7,10-11,13H2/t14-,17+/m0/s1. The van der Waals surface area contributed by atoms with Crippen LogP contribution in [0.4, 0.5) is 5.69 Å². The summed E-state index contributed by atoms with van der Waals surface area (Å²) in [7, 11) is 0. The Bertz CT molecular complexity index is 1100. The van der Waals surface area contributed by atoms with Gasteiger partial charge < -0.3 is 9.80 Å². The van der Waals surface area contributed by atoms with Crippen LogP contribution in [0.5, 0.6) is 0 Å². The Kier molecular flexibility index (Phi) is 4.47. The van der Waals surface area contributed by atoms with Crippen LogP contribution >= 0.6 is 11.6 Å². The fourth-order valence-corrected chi connectivity index (χ4v) is 4.57. The molecule has 0 bridgehead atoms. The maximum atomic E-state index is 13.3. The third-order valence-corrected chi connectivity index (χ3v) is 6.00. The van der Waals surface area contributed by atoms with Crippen molar-refractivity contribution in [1.82, 2.24) is 19.5 Å². The SMILES string of the molecule is O=C1C[C@H](C(=O)N2CCC[C@@H]2c2nnc3ccccn23)CN1c1cccc(Cl)c1. The zero-order valence-corrected chi connectivity index (χ0v) is 16.5. The molecule has 29 heavy (non-hydrogen) atoms. The molecule has 0 spiro atoms. The van der Waals surface area contributed by atoms with E-state index in [0.717, 1.165) is 30.0 Å². The Morgan fingerprint density at radius 3 is 2.90 bits per heavy atom. The molecule has 3 aromatic rings. The van der Waals surface area contributed by atoms with Gasteiger partial charge in [-0.25, -0.2) is 0 Å². The lowest BCUT2D eigenvalue weighted by Crippen LogP contribution is -2.37. The van der Waals surface area contributed by atoms with Gasteiger partial charge in [0.05, 0.1) is 12.0 Å². The average molecular weight is 410 g/mol. The summed E-state index contributed by atoms with van der Waals surface area (Å²) >= 11 is 6.07. The molecule has 2 atom stereocenters. The van der Waals surface area contributed by atoms with Gasteiger partial charge >= 0.3 is 0 Å². The number of nitrogens with zero attached hydrogens (tertiary/aromatic N) is 5. The number of hydrogen-bond acceptors (Lipinski definition) is 4. The predicted molar refractivity (Wildman–Crippen MR) is 109 cm³/mol. The number of carbonyl (C=O) groups excluding carboxylic acids is 2. The minimum absolute atomic E-state index is 0.0121. The molecule has 0 radical (unpaired) electrons. The lowest BCUT2D eigenvalue weighted by molar-refractivity contribution is -0.136. The van der Waals surface area contributed by atoms with Gasteiger partial charge in [0.25, 0.3) is 0 Å². The highest BCUT2D eigenvalue weighted by molar-refractivity contribution is 6.31. The minimum atomic E-state index is -0.360. The quantitative estimate of drug-likeness (QED) is 0.666. The van der Waals surface area contributed by atoms with E-state index in [1.807, 2.05) is 45.8 Å². The number of likely N-dealkylation sites (tertiary alicyclic amines) is 1. The molecule has 2 fully saturated rings. The van der Waals surface area contributed by atoms with Crippen LogP contribution in [-0.4, -0.2) is 44.4 Å². The zero-order valence-electron chi connectivity index (χ0n) is 15.7. The highest BCUT2D eigenvalue weighted by Crippen LogP contribution is 2.35. The van der Waals surface area contributed by atoms with E-state index in [4.69, 9.17) is 11.6 Å². The molecule has 0 aliphatic carbocycles. The molecule has 7 nitrogen and oxygen atoms in total. The van der Waals surface area contributed by atoms with E-state index in [1.165, 1.54) is 0 Å². The molecule has 0 unspecified atom stereocenters. The minimum Gasteiger partial charge on any atom is -0.332 e. The lowest BCUT2D eigenvalue weighted by atomic mass is 10.1. The highest BCUT2D eigenvalue weighted by atomic mass is 35.5. The number of aromatic nitrogens is 3. The number of hydrogen-bond donors (Lipinski definition) is 0. The van der Waals surface area contributed by atoms with Crippen LogP contribution in [0.2, 0.25) is 5.02 Å². The van der Waals surface area contributed by atoms with Crippen LogP contribution in [0.3, 0.4) is 0 Å². The Labute approximate surface area is 172 Å². The fourth-order valence-electron chi connectivity index (χ4n) is 4.39. The molecule has 1 aromatic carbocycles. The second kappa shape index (κ2) is 7.15. The van der Waals surface area contributed by atoms with E-state index in [2.05, 4.69) is 10.2 Å². The van der Waals surface area contributed by atoms with Crippen LogP contribution in [0.25, 0.3) is 5.65 Å². The fraction of sp³-hybridized carbons (Fsp3) is 0.333. The van der Waals surface area contributed by atoms with Gasteiger partial charge in [-0.15, -0.1) is 10.2 Å². The van der Waals surface area contributed by atoms with Crippen molar-refractivity contribution < 1.29 is 9.59 Å². The summed E-state index contributed by atoms with van der Waals surface area (Å²) in [6.45, 7) is 1.05. The maximum Gasteiger partial charge on any atom is 0.228 e. The van der Waals surface area contributed by atoms with E-state index in [-0.39, 0.29) is 30.2 Å². The van der Waals surface area contributed by atoms with Gasteiger partial charge in [0.2, 0.25) is 11.8 Å². The van der Waals surface area contributed by atoms with Crippen LogP contribution in [0.15, 0.2) is 48.7 Å². The second-order valence-electron chi connectivity index (χ2n) is 7.56. The van der Waals surface area contributed by atoms with Gasteiger partial charge in [-0.1, -0.05) is 23.7 Å². The lowest BCUT2D eigenvalue weighted by Gasteiger charge is -2.26. The number of halogens is 1. The molecule has 4 heterocycles. The van der Waals surface area contributed by atoms with E-state index in [9.17, 15) is 9.59 Å². The molecule has 2 amide bonds. The number of pyridine rings is 1. The average Bonchev–Trinajstić information content (AvgIpc) is 3.45. The number of amides is 2. The summed E-state index contributed by atoms with van der Waals surface area (Å²) in [5, 5.41) is 9.15. The monoisotopic (exact) mass is 409 g/mol. The molecule has 148 valence electrons. The third kappa shape index (κ3) is 3.15. The first-order valence-electron chi connectivity index (χ1n) is 9.78. The Balaban J connectivity index is 1.38. The van der Waals surface area contributed by atoms with Crippen molar-refractivity contribution in [2.75, 3.05) is 18.0 Å². The molecule has 5 rings (SSSR count). The predicted octanol–water partition coefficient (Wildman–Crippen LogP) is 3.10. The second-order valence-corrected chi connectivity index (χ2v) is 8.00. The third-order valence-electron chi connectivity index (χ3n) is 5.77. The Morgan fingerprint density at radius 2 is 2.03 bits per heavy atom. The van der Waals surface area contributed by atoms with Gasteiger partial charge in [0, 0.05) is 36.4 Å². The molecular weight excluding hydrogens is 390 g/mol. The number of rotatable bonds is 3. The molecule has 2 aromatic heterocycles. The van der Waals surface area contributed by atoms with Gasteiger partial charge in [-0.05, 0) is 43.2 Å². The Morgan fingerprint density at radius 1 is 1.14 bits per heavy atom. The molecule has 0 N–H and O–H groups in total. The van der Waals surface area contributed by atoms with Crippen molar-refractivity contribution in [2.24, 2.45) is 5.92 Å². The summed E-state index contributed by atoms with van der Waals surface area (Å²) < 4.78 is 1.94.